The molecular formula is C20H21N3O2. The van der Waals surface area contributed by atoms with Crippen LogP contribution in [0.15, 0.2) is 46.9 Å². The number of oxazole rings is 1. The summed E-state index contributed by atoms with van der Waals surface area (Å²) in [7, 11) is 2.08. The Kier molecular flexibility index (Phi) is 4.01. The molecule has 0 unspecified atom stereocenters. The first-order valence-electron chi connectivity index (χ1n) is 8.55. The molecule has 0 radical (unpaired) electrons. The summed E-state index contributed by atoms with van der Waals surface area (Å²) in [6.07, 6.45) is 0. The average molecular weight is 335 g/mol. The molecule has 2 aromatic carbocycles. The molecule has 1 aliphatic rings. The summed E-state index contributed by atoms with van der Waals surface area (Å²) < 4.78 is 5.86. The minimum Gasteiger partial charge on any atom is -0.436 e. The summed E-state index contributed by atoms with van der Waals surface area (Å²) >= 11 is 0. The van der Waals surface area contributed by atoms with E-state index < -0.39 is 0 Å². The molecule has 4 rings (SSSR count). The van der Waals surface area contributed by atoms with Crippen LogP contribution in [-0.4, -0.2) is 53.9 Å². The van der Waals surface area contributed by atoms with Crippen LogP contribution in [0, 0.1) is 6.92 Å². The molecular weight excluding hydrogens is 314 g/mol. The third kappa shape index (κ3) is 3.15. The van der Waals surface area contributed by atoms with E-state index in [4.69, 9.17) is 4.42 Å². The second-order valence-electron chi connectivity index (χ2n) is 6.67. The molecule has 0 spiro atoms. The smallest absolute Gasteiger partial charge is 0.254 e. The van der Waals surface area contributed by atoms with Gasteiger partial charge in [0.2, 0.25) is 5.89 Å². The lowest BCUT2D eigenvalue weighted by Gasteiger charge is -2.32. The molecule has 1 fully saturated rings. The summed E-state index contributed by atoms with van der Waals surface area (Å²) in [6.45, 7) is 5.39. The van der Waals surface area contributed by atoms with Gasteiger partial charge < -0.3 is 14.2 Å². The predicted octanol–water partition coefficient (Wildman–Crippen LogP) is 3.19. The van der Waals surface area contributed by atoms with E-state index in [9.17, 15) is 4.79 Å². The highest BCUT2D eigenvalue weighted by atomic mass is 16.3. The van der Waals surface area contributed by atoms with Crippen LogP contribution in [-0.2, 0) is 0 Å². The van der Waals surface area contributed by atoms with E-state index in [1.165, 1.54) is 0 Å². The van der Waals surface area contributed by atoms with Crippen molar-refractivity contribution in [1.82, 2.24) is 14.8 Å². The summed E-state index contributed by atoms with van der Waals surface area (Å²) in [5.74, 6) is 0.651. The first kappa shape index (κ1) is 15.8. The minimum atomic E-state index is 0.0649. The molecule has 0 bridgehead atoms. The molecule has 1 aromatic heterocycles. The lowest BCUT2D eigenvalue weighted by molar-refractivity contribution is 0.0664. The number of rotatable bonds is 2. The molecule has 0 N–H and O–H groups in total. The summed E-state index contributed by atoms with van der Waals surface area (Å²) in [4.78, 5) is 21.4. The highest BCUT2D eigenvalue weighted by Gasteiger charge is 2.21. The second-order valence-corrected chi connectivity index (χ2v) is 6.67. The van der Waals surface area contributed by atoms with E-state index in [0.717, 1.165) is 42.8 Å². The monoisotopic (exact) mass is 335 g/mol. The number of aryl methyl sites for hydroxylation is 1. The first-order valence-corrected chi connectivity index (χ1v) is 8.55. The lowest BCUT2D eigenvalue weighted by atomic mass is 10.1. The lowest BCUT2D eigenvalue weighted by Crippen LogP contribution is -2.47. The zero-order valence-corrected chi connectivity index (χ0v) is 14.5. The van der Waals surface area contributed by atoms with Crippen molar-refractivity contribution in [3.63, 3.8) is 0 Å². The maximum absolute atomic E-state index is 12.7. The second kappa shape index (κ2) is 6.33. The Morgan fingerprint density at radius 2 is 1.88 bits per heavy atom. The third-order valence-corrected chi connectivity index (χ3v) is 4.69. The maximum Gasteiger partial charge on any atom is 0.254 e. The Hall–Kier alpha value is -2.66. The quantitative estimate of drug-likeness (QED) is 0.722. The Balaban J connectivity index is 1.63. The standard InChI is InChI=1S/C20H21N3O2/c1-14-4-3-5-15(12-14)19-21-17-13-16(6-7-18(17)25-19)20(24)23-10-8-22(2)9-11-23/h3-7,12-13H,8-11H2,1-2H3. The summed E-state index contributed by atoms with van der Waals surface area (Å²) in [5, 5.41) is 0. The molecule has 1 amide bonds. The number of piperazine rings is 1. The van der Waals surface area contributed by atoms with E-state index in [-0.39, 0.29) is 5.91 Å². The highest BCUT2D eigenvalue weighted by molar-refractivity contribution is 5.97. The summed E-state index contributed by atoms with van der Waals surface area (Å²) in [6, 6.07) is 13.5. The molecule has 0 saturated carbocycles. The van der Waals surface area contributed by atoms with Crippen molar-refractivity contribution in [2.75, 3.05) is 33.2 Å². The van der Waals surface area contributed by atoms with Gasteiger partial charge in [0, 0.05) is 37.3 Å². The normalized spacial score (nSPS) is 15.7. The number of fused-ring (bicyclic) bond motifs is 1. The van der Waals surface area contributed by atoms with Crippen LogP contribution >= 0.6 is 0 Å². The van der Waals surface area contributed by atoms with Gasteiger partial charge in [-0.25, -0.2) is 4.98 Å². The first-order chi connectivity index (χ1) is 12.1. The van der Waals surface area contributed by atoms with Gasteiger partial charge in [-0.15, -0.1) is 0 Å². The zero-order chi connectivity index (χ0) is 17.4. The van der Waals surface area contributed by atoms with Crippen LogP contribution in [0.5, 0.6) is 0 Å². The number of hydrogen-bond donors (Lipinski definition) is 0. The van der Waals surface area contributed by atoms with Gasteiger partial charge >= 0.3 is 0 Å². The number of aromatic nitrogens is 1. The van der Waals surface area contributed by atoms with Crippen molar-refractivity contribution >= 4 is 17.0 Å². The fourth-order valence-electron chi connectivity index (χ4n) is 3.15. The molecule has 5 heteroatoms. The molecule has 3 aromatic rings. The van der Waals surface area contributed by atoms with Crippen LogP contribution in [0.25, 0.3) is 22.6 Å². The van der Waals surface area contributed by atoms with Crippen LogP contribution in [0.4, 0.5) is 0 Å². The summed E-state index contributed by atoms with van der Waals surface area (Å²) in [5.41, 5.74) is 4.19. The molecule has 1 aliphatic heterocycles. The van der Waals surface area contributed by atoms with Gasteiger partial charge in [0.15, 0.2) is 5.58 Å². The van der Waals surface area contributed by atoms with Gasteiger partial charge in [-0.2, -0.15) is 0 Å². The molecule has 128 valence electrons. The van der Waals surface area contributed by atoms with Gasteiger partial charge in [0.25, 0.3) is 5.91 Å². The van der Waals surface area contributed by atoms with E-state index in [1.54, 1.807) is 0 Å². The van der Waals surface area contributed by atoms with Crippen LogP contribution in [0.1, 0.15) is 15.9 Å². The van der Waals surface area contributed by atoms with Crippen molar-refractivity contribution < 1.29 is 9.21 Å². The van der Waals surface area contributed by atoms with E-state index >= 15 is 0 Å². The molecule has 5 nitrogen and oxygen atoms in total. The maximum atomic E-state index is 12.7. The number of carbonyl (C=O) groups excluding carboxylic acids is 1. The van der Waals surface area contributed by atoms with Crippen molar-refractivity contribution in [2.45, 2.75) is 6.92 Å². The minimum absolute atomic E-state index is 0.0649. The van der Waals surface area contributed by atoms with Crippen LogP contribution in [0.3, 0.4) is 0 Å². The van der Waals surface area contributed by atoms with Crippen molar-refractivity contribution in [3.8, 4) is 11.5 Å². The largest absolute Gasteiger partial charge is 0.436 e. The van der Waals surface area contributed by atoms with Crippen molar-refractivity contribution in [3.05, 3.63) is 53.6 Å². The zero-order valence-electron chi connectivity index (χ0n) is 14.5. The number of likely N-dealkylation sites (N-methyl/N-ethyl adjacent to an activating group) is 1. The SMILES string of the molecule is Cc1cccc(-c2nc3cc(C(=O)N4CCN(C)CC4)ccc3o2)c1. The van der Waals surface area contributed by atoms with E-state index in [0.29, 0.717) is 17.0 Å². The number of hydrogen-bond acceptors (Lipinski definition) is 4. The van der Waals surface area contributed by atoms with E-state index in [2.05, 4.69) is 16.9 Å². The molecule has 0 atom stereocenters. The fourth-order valence-corrected chi connectivity index (χ4v) is 3.15. The highest BCUT2D eigenvalue weighted by Crippen LogP contribution is 2.26. The molecule has 1 saturated heterocycles. The number of carbonyl (C=O) groups is 1. The Morgan fingerprint density at radius 1 is 1.08 bits per heavy atom. The van der Waals surface area contributed by atoms with Crippen molar-refractivity contribution in [2.24, 2.45) is 0 Å². The molecule has 0 aliphatic carbocycles. The number of nitrogens with zero attached hydrogens (tertiary/aromatic N) is 3. The van der Waals surface area contributed by atoms with Crippen molar-refractivity contribution in [1.29, 1.82) is 0 Å². The average Bonchev–Trinajstić information content (AvgIpc) is 3.05. The van der Waals surface area contributed by atoms with Gasteiger partial charge in [-0.3, -0.25) is 4.79 Å². The Labute approximate surface area is 146 Å². The van der Waals surface area contributed by atoms with Crippen LogP contribution in [0.2, 0.25) is 0 Å². The van der Waals surface area contributed by atoms with Gasteiger partial charge in [-0.05, 0) is 44.3 Å². The number of benzene rings is 2. The topological polar surface area (TPSA) is 49.6 Å². The Morgan fingerprint density at radius 3 is 2.64 bits per heavy atom. The molecule has 25 heavy (non-hydrogen) atoms. The molecule has 2 heterocycles. The Bertz CT molecular complexity index is 924. The van der Waals surface area contributed by atoms with E-state index in [1.807, 2.05) is 54.3 Å². The third-order valence-electron chi connectivity index (χ3n) is 4.69. The predicted molar refractivity (Wildman–Crippen MR) is 97.6 cm³/mol. The fraction of sp³-hybridized carbons (Fsp3) is 0.300. The van der Waals surface area contributed by atoms with Gasteiger partial charge in [0.1, 0.15) is 5.52 Å². The van der Waals surface area contributed by atoms with Gasteiger partial charge in [-0.1, -0.05) is 17.7 Å². The van der Waals surface area contributed by atoms with Crippen LogP contribution < -0.4 is 0 Å². The number of amides is 1. The van der Waals surface area contributed by atoms with Gasteiger partial charge in [0.05, 0.1) is 0 Å².